The zero-order valence-electron chi connectivity index (χ0n) is 14.6. The number of benzene rings is 1. The Morgan fingerprint density at radius 1 is 1.42 bits per heavy atom. The molecule has 2 rings (SSSR count). The van der Waals surface area contributed by atoms with Gasteiger partial charge in [-0.15, -0.1) is 0 Å². The Balaban J connectivity index is 1.99. The van der Waals surface area contributed by atoms with Crippen LogP contribution in [0.4, 0.5) is 5.69 Å². The molecule has 1 unspecified atom stereocenters. The molecule has 0 amide bonds. The van der Waals surface area contributed by atoms with Crippen molar-refractivity contribution in [2.24, 2.45) is 4.99 Å². The lowest BCUT2D eigenvalue weighted by Crippen LogP contribution is -2.44. The van der Waals surface area contributed by atoms with E-state index >= 15 is 0 Å². The lowest BCUT2D eigenvalue weighted by atomic mass is 10.2. The summed E-state index contributed by atoms with van der Waals surface area (Å²) in [5.74, 6) is 1.68. The Labute approximate surface area is 149 Å². The van der Waals surface area contributed by atoms with E-state index in [1.54, 1.807) is 14.2 Å². The van der Waals surface area contributed by atoms with E-state index in [9.17, 15) is 0 Å². The minimum atomic E-state index is 0.328. The monoisotopic (exact) mass is 354 g/mol. The van der Waals surface area contributed by atoms with Gasteiger partial charge in [-0.25, -0.2) is 0 Å². The van der Waals surface area contributed by atoms with E-state index in [4.69, 9.17) is 21.1 Å². The average Bonchev–Trinajstić information content (AvgIpc) is 3.03. The number of hydrogen-bond donors (Lipinski definition) is 2. The third-order valence-corrected chi connectivity index (χ3v) is 4.16. The van der Waals surface area contributed by atoms with Gasteiger partial charge in [0, 0.05) is 37.8 Å². The Morgan fingerprint density at radius 2 is 2.25 bits per heavy atom. The first-order valence-corrected chi connectivity index (χ1v) is 8.68. The van der Waals surface area contributed by atoms with Crippen LogP contribution in [-0.2, 0) is 4.74 Å². The number of nitrogens with zero attached hydrogens (tertiary/aromatic N) is 2. The number of rotatable bonds is 7. The highest BCUT2D eigenvalue weighted by Crippen LogP contribution is 2.33. The average molecular weight is 355 g/mol. The topological polar surface area (TPSA) is 58.1 Å². The smallest absolute Gasteiger partial charge is 0.191 e. The van der Waals surface area contributed by atoms with E-state index in [1.807, 2.05) is 18.2 Å². The quantitative estimate of drug-likeness (QED) is 0.446. The van der Waals surface area contributed by atoms with Crippen LogP contribution in [0.5, 0.6) is 5.75 Å². The fourth-order valence-electron chi connectivity index (χ4n) is 2.77. The number of methoxy groups -OCH3 is 2. The minimum absolute atomic E-state index is 0.328. The molecule has 0 aromatic heterocycles. The fraction of sp³-hybridized carbons (Fsp3) is 0.588. The molecule has 24 heavy (non-hydrogen) atoms. The van der Waals surface area contributed by atoms with Crippen LogP contribution in [0.25, 0.3) is 0 Å². The Morgan fingerprint density at radius 3 is 2.96 bits per heavy atom. The SMILES string of the molecule is CCNC(=NCCOC)NC1CCN(c2cc(Cl)ccc2OC)C1. The van der Waals surface area contributed by atoms with Gasteiger partial charge in [-0.3, -0.25) is 4.99 Å². The van der Waals surface area contributed by atoms with Gasteiger partial charge < -0.3 is 25.0 Å². The van der Waals surface area contributed by atoms with Crippen LogP contribution in [-0.4, -0.2) is 59.0 Å². The lowest BCUT2D eigenvalue weighted by Gasteiger charge is -2.22. The molecule has 134 valence electrons. The number of ether oxygens (including phenoxy) is 2. The molecule has 0 saturated carbocycles. The molecule has 1 aliphatic rings. The molecule has 1 aromatic rings. The number of hydrogen-bond acceptors (Lipinski definition) is 4. The van der Waals surface area contributed by atoms with Crippen molar-refractivity contribution in [2.75, 3.05) is 51.9 Å². The number of nitrogens with one attached hydrogen (secondary N) is 2. The summed E-state index contributed by atoms with van der Waals surface area (Å²) in [5.41, 5.74) is 1.04. The normalized spacial score (nSPS) is 17.9. The molecule has 1 fully saturated rings. The van der Waals surface area contributed by atoms with Gasteiger partial charge in [0.05, 0.1) is 25.9 Å². The lowest BCUT2D eigenvalue weighted by molar-refractivity contribution is 0.208. The van der Waals surface area contributed by atoms with E-state index in [0.29, 0.717) is 19.2 Å². The van der Waals surface area contributed by atoms with Crippen molar-refractivity contribution in [1.82, 2.24) is 10.6 Å². The second kappa shape index (κ2) is 9.59. The molecule has 1 saturated heterocycles. The first-order chi connectivity index (χ1) is 11.7. The molecule has 1 heterocycles. The molecule has 2 N–H and O–H groups in total. The molecular formula is C17H27ClN4O2. The highest BCUT2D eigenvalue weighted by molar-refractivity contribution is 6.30. The molecule has 7 heteroatoms. The zero-order valence-corrected chi connectivity index (χ0v) is 15.4. The van der Waals surface area contributed by atoms with Gasteiger partial charge in [-0.2, -0.15) is 0 Å². The van der Waals surface area contributed by atoms with Crippen molar-refractivity contribution in [2.45, 2.75) is 19.4 Å². The van der Waals surface area contributed by atoms with Crippen LogP contribution in [0.1, 0.15) is 13.3 Å². The molecule has 6 nitrogen and oxygen atoms in total. The van der Waals surface area contributed by atoms with Gasteiger partial charge in [-0.1, -0.05) is 11.6 Å². The molecule has 1 atom stereocenters. The predicted octanol–water partition coefficient (Wildman–Crippen LogP) is 2.13. The van der Waals surface area contributed by atoms with E-state index in [0.717, 1.165) is 48.5 Å². The Kier molecular flexibility index (Phi) is 7.46. The Hall–Kier alpha value is -1.66. The summed E-state index contributed by atoms with van der Waals surface area (Å²) in [6, 6.07) is 6.05. The molecule has 0 radical (unpaired) electrons. The van der Waals surface area contributed by atoms with Crippen molar-refractivity contribution in [3.63, 3.8) is 0 Å². The summed E-state index contributed by atoms with van der Waals surface area (Å²) in [5, 5.41) is 7.49. The summed E-state index contributed by atoms with van der Waals surface area (Å²) in [4.78, 5) is 6.81. The molecule has 0 aliphatic carbocycles. The maximum atomic E-state index is 6.15. The third-order valence-electron chi connectivity index (χ3n) is 3.92. The number of halogens is 1. The largest absolute Gasteiger partial charge is 0.495 e. The maximum absolute atomic E-state index is 6.15. The van der Waals surface area contributed by atoms with Crippen LogP contribution in [0.2, 0.25) is 5.02 Å². The summed E-state index contributed by atoms with van der Waals surface area (Å²) in [6.45, 7) is 5.98. The van der Waals surface area contributed by atoms with Gasteiger partial charge in [0.25, 0.3) is 0 Å². The standard InChI is InChI=1S/C17H27ClN4O2/c1-4-19-17(20-8-10-23-2)21-14-7-9-22(12-14)15-11-13(18)5-6-16(15)24-3/h5-6,11,14H,4,7-10,12H2,1-3H3,(H2,19,20,21). The maximum Gasteiger partial charge on any atom is 0.191 e. The van der Waals surface area contributed by atoms with E-state index < -0.39 is 0 Å². The molecular weight excluding hydrogens is 328 g/mol. The molecule has 1 aromatic carbocycles. The summed E-state index contributed by atoms with van der Waals surface area (Å²) < 4.78 is 10.5. The highest BCUT2D eigenvalue weighted by atomic mass is 35.5. The number of anilines is 1. The van der Waals surface area contributed by atoms with E-state index in [-0.39, 0.29) is 0 Å². The first-order valence-electron chi connectivity index (χ1n) is 8.30. The van der Waals surface area contributed by atoms with Crippen LogP contribution < -0.4 is 20.3 Å². The van der Waals surface area contributed by atoms with Crippen LogP contribution in [0.3, 0.4) is 0 Å². The van der Waals surface area contributed by atoms with Crippen molar-refractivity contribution >= 4 is 23.2 Å². The van der Waals surface area contributed by atoms with E-state index in [1.165, 1.54) is 0 Å². The Bertz CT molecular complexity index is 553. The fourth-order valence-corrected chi connectivity index (χ4v) is 2.94. The van der Waals surface area contributed by atoms with Crippen LogP contribution >= 0.6 is 11.6 Å². The van der Waals surface area contributed by atoms with Crippen LogP contribution in [0.15, 0.2) is 23.2 Å². The highest BCUT2D eigenvalue weighted by Gasteiger charge is 2.25. The van der Waals surface area contributed by atoms with Gasteiger partial charge in [-0.05, 0) is 31.5 Å². The minimum Gasteiger partial charge on any atom is -0.495 e. The number of guanidine groups is 1. The van der Waals surface area contributed by atoms with Gasteiger partial charge in [0.1, 0.15) is 5.75 Å². The molecule has 0 spiro atoms. The second-order valence-corrected chi connectivity index (χ2v) is 6.08. The summed E-state index contributed by atoms with van der Waals surface area (Å²) >= 11 is 6.15. The van der Waals surface area contributed by atoms with Crippen molar-refractivity contribution in [1.29, 1.82) is 0 Å². The summed E-state index contributed by atoms with van der Waals surface area (Å²) in [7, 11) is 3.37. The van der Waals surface area contributed by atoms with Gasteiger partial charge >= 0.3 is 0 Å². The first kappa shape index (κ1) is 18.7. The van der Waals surface area contributed by atoms with Crippen molar-refractivity contribution in [3.05, 3.63) is 23.2 Å². The van der Waals surface area contributed by atoms with Crippen molar-refractivity contribution in [3.8, 4) is 5.75 Å². The summed E-state index contributed by atoms with van der Waals surface area (Å²) in [6.07, 6.45) is 1.03. The molecule has 0 bridgehead atoms. The van der Waals surface area contributed by atoms with Crippen molar-refractivity contribution < 1.29 is 9.47 Å². The van der Waals surface area contributed by atoms with Gasteiger partial charge in [0.2, 0.25) is 0 Å². The zero-order chi connectivity index (χ0) is 17.4. The van der Waals surface area contributed by atoms with Gasteiger partial charge in [0.15, 0.2) is 5.96 Å². The second-order valence-electron chi connectivity index (χ2n) is 5.65. The van der Waals surface area contributed by atoms with E-state index in [2.05, 4.69) is 27.4 Å². The predicted molar refractivity (Wildman–Crippen MR) is 99.6 cm³/mol. The number of aliphatic imine (C=N–C) groups is 1. The third kappa shape index (κ3) is 5.18. The van der Waals surface area contributed by atoms with Crippen LogP contribution in [0, 0.1) is 0 Å². The molecule has 1 aliphatic heterocycles.